The molecule has 1 aromatic rings. The van der Waals surface area contributed by atoms with Gasteiger partial charge < -0.3 is 18.4 Å². The Morgan fingerprint density at radius 2 is 1.56 bits per heavy atom. The summed E-state index contributed by atoms with van der Waals surface area (Å²) in [6.07, 6.45) is 0. The van der Waals surface area contributed by atoms with Gasteiger partial charge in [0.25, 0.3) is 0 Å². The van der Waals surface area contributed by atoms with Crippen molar-refractivity contribution < 1.29 is 68.9 Å². The quantitative estimate of drug-likeness (QED) is 0.437. The third-order valence-corrected chi connectivity index (χ3v) is 1.15. The molecule has 1 rings (SSSR count). The Bertz CT molecular complexity index is 152. The van der Waals surface area contributed by atoms with Gasteiger partial charge in [0.2, 0.25) is 0 Å². The molecule has 42 valence electrons. The Morgan fingerprint density at radius 3 is 1.89 bits per heavy atom. The smallest absolute Gasteiger partial charge is 0.780 e. The standard InChI is InChI=1S/C6H7NS.Cs/c7-5-1-3-6(8)4-2-5;/h1-4,8H,7H2;/q;+1/p-1. The molecule has 0 aliphatic heterocycles. The summed E-state index contributed by atoms with van der Waals surface area (Å²) in [4.78, 5) is 0.833. The average molecular weight is 257 g/mol. The van der Waals surface area contributed by atoms with Gasteiger partial charge in [-0.2, -0.15) is 4.90 Å². The summed E-state index contributed by atoms with van der Waals surface area (Å²) in [5, 5.41) is 0. The second kappa shape index (κ2) is 5.01. The van der Waals surface area contributed by atoms with Crippen molar-refractivity contribution >= 4 is 18.3 Å². The normalized spacial score (nSPS) is 8.00. The van der Waals surface area contributed by atoms with E-state index < -0.39 is 0 Å². The van der Waals surface area contributed by atoms with Crippen LogP contribution >= 0.6 is 0 Å². The Labute approximate surface area is 119 Å². The van der Waals surface area contributed by atoms with Gasteiger partial charge in [0.1, 0.15) is 0 Å². The van der Waals surface area contributed by atoms with E-state index in [2.05, 4.69) is 0 Å². The first-order valence-corrected chi connectivity index (χ1v) is 2.72. The van der Waals surface area contributed by atoms with Gasteiger partial charge in [0, 0.05) is 5.69 Å². The zero-order valence-electron chi connectivity index (χ0n) is 5.29. The van der Waals surface area contributed by atoms with Crippen LogP contribution in [0.4, 0.5) is 5.69 Å². The Balaban J connectivity index is 0.000000640. The molecule has 9 heavy (non-hydrogen) atoms. The molecule has 0 amide bonds. The number of anilines is 1. The molecule has 0 aromatic heterocycles. The van der Waals surface area contributed by atoms with Crippen molar-refractivity contribution in [2.24, 2.45) is 0 Å². The Hall–Kier alpha value is 1.29. The van der Waals surface area contributed by atoms with Crippen LogP contribution in [0.25, 0.3) is 0 Å². The molecule has 0 saturated carbocycles. The van der Waals surface area contributed by atoms with Crippen molar-refractivity contribution in [3.05, 3.63) is 24.3 Å². The summed E-state index contributed by atoms with van der Waals surface area (Å²) < 4.78 is 0. The molecule has 0 bridgehead atoms. The van der Waals surface area contributed by atoms with Gasteiger partial charge in [-0.05, 0) is 12.1 Å². The molecule has 0 atom stereocenters. The topological polar surface area (TPSA) is 26.0 Å². The largest absolute Gasteiger partial charge is 1.00 e. The predicted octanol–water partition coefficient (Wildman–Crippen LogP) is -1.82. The summed E-state index contributed by atoms with van der Waals surface area (Å²) in [5.41, 5.74) is 6.14. The molecule has 0 unspecified atom stereocenters. The van der Waals surface area contributed by atoms with E-state index >= 15 is 0 Å². The molecule has 0 spiro atoms. The van der Waals surface area contributed by atoms with E-state index in [0.717, 1.165) is 10.6 Å². The summed E-state index contributed by atoms with van der Waals surface area (Å²) in [5.74, 6) is 0. The van der Waals surface area contributed by atoms with Crippen LogP contribution in [0.3, 0.4) is 0 Å². The summed E-state index contributed by atoms with van der Waals surface area (Å²) in [6.45, 7) is 0. The monoisotopic (exact) mass is 257 g/mol. The zero-order valence-corrected chi connectivity index (χ0v) is 12.4. The van der Waals surface area contributed by atoms with E-state index in [4.69, 9.17) is 18.4 Å². The van der Waals surface area contributed by atoms with Crippen molar-refractivity contribution in [1.82, 2.24) is 0 Å². The van der Waals surface area contributed by atoms with Crippen molar-refractivity contribution in [2.45, 2.75) is 4.90 Å². The molecule has 2 N–H and O–H groups in total. The van der Waals surface area contributed by atoms with Gasteiger partial charge in [0.15, 0.2) is 0 Å². The van der Waals surface area contributed by atoms with E-state index in [9.17, 15) is 0 Å². The van der Waals surface area contributed by atoms with Crippen LogP contribution < -0.4 is 74.6 Å². The molecule has 0 fully saturated rings. The maximum atomic E-state index is 5.38. The third-order valence-electron chi connectivity index (χ3n) is 0.880. The van der Waals surface area contributed by atoms with Crippen LogP contribution in [-0.2, 0) is 12.6 Å². The van der Waals surface area contributed by atoms with Crippen LogP contribution in [0.1, 0.15) is 0 Å². The van der Waals surface area contributed by atoms with Gasteiger partial charge in [-0.15, -0.1) is 0 Å². The van der Waals surface area contributed by atoms with E-state index in [1.165, 1.54) is 0 Å². The van der Waals surface area contributed by atoms with Gasteiger partial charge in [-0.25, -0.2) is 0 Å². The van der Waals surface area contributed by atoms with Crippen LogP contribution in [0, 0.1) is 0 Å². The SMILES string of the molecule is Nc1ccc([S-])cc1.[Cs+]. The molecule has 0 aliphatic carbocycles. The van der Waals surface area contributed by atoms with E-state index in [1.807, 2.05) is 12.1 Å². The predicted molar refractivity (Wildman–Crippen MR) is 36.5 cm³/mol. The summed E-state index contributed by atoms with van der Waals surface area (Å²) in [7, 11) is 0. The van der Waals surface area contributed by atoms with Crippen molar-refractivity contribution in [1.29, 1.82) is 0 Å². The minimum Gasteiger partial charge on any atom is -0.780 e. The van der Waals surface area contributed by atoms with Crippen LogP contribution in [0.2, 0.25) is 0 Å². The first kappa shape index (κ1) is 10.3. The van der Waals surface area contributed by atoms with E-state index in [1.54, 1.807) is 12.1 Å². The molecule has 1 aromatic carbocycles. The number of nitrogen functional groups attached to an aromatic ring is 1. The van der Waals surface area contributed by atoms with E-state index in [-0.39, 0.29) is 68.9 Å². The second-order valence-corrected chi connectivity index (χ2v) is 2.04. The first-order valence-electron chi connectivity index (χ1n) is 2.31. The molecule has 0 heterocycles. The maximum Gasteiger partial charge on any atom is 1.00 e. The molecular formula is C6H6CsNS. The number of hydrogen-bond acceptors (Lipinski definition) is 2. The molecular weight excluding hydrogens is 251 g/mol. The average Bonchev–Trinajstić information content (AvgIpc) is 1.77. The van der Waals surface area contributed by atoms with Gasteiger partial charge in [-0.3, -0.25) is 0 Å². The first-order chi connectivity index (χ1) is 3.79. The molecule has 3 heteroatoms. The van der Waals surface area contributed by atoms with E-state index in [0.29, 0.717) is 0 Å². The number of benzene rings is 1. The maximum absolute atomic E-state index is 5.38. The second-order valence-electron chi connectivity index (χ2n) is 1.57. The number of nitrogens with two attached hydrogens (primary N) is 1. The minimum atomic E-state index is 0. The van der Waals surface area contributed by atoms with Gasteiger partial charge in [0.05, 0.1) is 0 Å². The van der Waals surface area contributed by atoms with Crippen LogP contribution in [-0.4, -0.2) is 0 Å². The molecule has 1 nitrogen and oxygen atoms in total. The fourth-order valence-electron chi connectivity index (χ4n) is 0.468. The number of hydrogen-bond donors (Lipinski definition) is 1. The Kier molecular flexibility index (Phi) is 5.73. The van der Waals surface area contributed by atoms with Crippen LogP contribution in [0.15, 0.2) is 29.2 Å². The molecule has 0 radical (unpaired) electrons. The fourth-order valence-corrected chi connectivity index (χ4v) is 0.604. The summed E-state index contributed by atoms with van der Waals surface area (Å²) in [6, 6.07) is 7.21. The third kappa shape index (κ3) is 3.87. The summed E-state index contributed by atoms with van der Waals surface area (Å²) >= 11 is 4.82. The molecule has 0 saturated heterocycles. The van der Waals surface area contributed by atoms with Gasteiger partial charge in [-0.1, -0.05) is 12.1 Å². The van der Waals surface area contributed by atoms with Gasteiger partial charge >= 0.3 is 68.9 Å². The zero-order chi connectivity index (χ0) is 5.98. The van der Waals surface area contributed by atoms with Crippen molar-refractivity contribution in [3.8, 4) is 0 Å². The minimum absolute atomic E-state index is 0. The number of rotatable bonds is 0. The Morgan fingerprint density at radius 1 is 1.11 bits per heavy atom. The van der Waals surface area contributed by atoms with Crippen molar-refractivity contribution in [2.75, 3.05) is 5.73 Å². The van der Waals surface area contributed by atoms with Crippen molar-refractivity contribution in [3.63, 3.8) is 0 Å². The fraction of sp³-hybridized carbons (Fsp3) is 0. The molecule has 0 aliphatic rings. The van der Waals surface area contributed by atoms with Crippen LogP contribution in [0.5, 0.6) is 0 Å².